The van der Waals surface area contributed by atoms with Crippen molar-refractivity contribution in [1.29, 1.82) is 5.26 Å². The van der Waals surface area contributed by atoms with E-state index in [9.17, 15) is 9.90 Å². The van der Waals surface area contributed by atoms with E-state index in [4.69, 9.17) is 16.9 Å². The minimum absolute atomic E-state index is 0.289. The van der Waals surface area contributed by atoms with Gasteiger partial charge in [-0.15, -0.1) is 0 Å². The molecule has 1 saturated heterocycles. The molecule has 0 saturated carbocycles. The number of piperidine rings is 1. The van der Waals surface area contributed by atoms with Crippen LogP contribution in [0.25, 0.3) is 0 Å². The molecule has 2 unspecified atom stereocenters. The Morgan fingerprint density at radius 3 is 2.89 bits per heavy atom. The molecule has 2 rings (SSSR count). The highest BCUT2D eigenvalue weighted by atomic mass is 35.5. The van der Waals surface area contributed by atoms with E-state index in [0.717, 1.165) is 12.2 Å². The van der Waals surface area contributed by atoms with Crippen molar-refractivity contribution in [2.24, 2.45) is 11.8 Å². The number of carboxylic acids is 1. The zero-order valence-electron chi connectivity index (χ0n) is 10.6. The molecule has 0 aliphatic carbocycles. The Hall–Kier alpha value is -1.73. The zero-order chi connectivity index (χ0) is 14.0. The number of hydrogen-bond acceptors (Lipinski definition) is 3. The van der Waals surface area contributed by atoms with E-state index >= 15 is 0 Å². The summed E-state index contributed by atoms with van der Waals surface area (Å²) in [7, 11) is 0. The lowest BCUT2D eigenvalue weighted by atomic mass is 9.90. The second-order valence-corrected chi connectivity index (χ2v) is 5.49. The minimum Gasteiger partial charge on any atom is -0.481 e. The number of hydrogen-bond donors (Lipinski definition) is 1. The second-order valence-electron chi connectivity index (χ2n) is 5.05. The maximum atomic E-state index is 11.2. The first kappa shape index (κ1) is 13.7. The Kier molecular flexibility index (Phi) is 3.96. The van der Waals surface area contributed by atoms with E-state index in [-0.39, 0.29) is 11.8 Å². The molecule has 0 radical (unpaired) electrons. The summed E-state index contributed by atoms with van der Waals surface area (Å²) in [5.41, 5.74) is 1.26. The molecule has 19 heavy (non-hydrogen) atoms. The van der Waals surface area contributed by atoms with Crippen molar-refractivity contribution in [3.05, 3.63) is 28.8 Å². The fourth-order valence-electron chi connectivity index (χ4n) is 2.60. The number of halogens is 1. The maximum absolute atomic E-state index is 11.2. The third kappa shape index (κ3) is 2.99. The molecule has 1 heterocycles. The summed E-state index contributed by atoms with van der Waals surface area (Å²) in [5.74, 6) is -0.868. The summed E-state index contributed by atoms with van der Waals surface area (Å²) in [6.07, 6.45) is 0.682. The van der Waals surface area contributed by atoms with Crippen molar-refractivity contribution in [3.8, 4) is 6.07 Å². The first-order valence-corrected chi connectivity index (χ1v) is 6.56. The molecule has 100 valence electrons. The van der Waals surface area contributed by atoms with Crippen molar-refractivity contribution in [2.75, 3.05) is 18.0 Å². The smallest absolute Gasteiger partial charge is 0.308 e. The topological polar surface area (TPSA) is 64.3 Å². The van der Waals surface area contributed by atoms with Crippen LogP contribution in [0.5, 0.6) is 0 Å². The number of benzene rings is 1. The van der Waals surface area contributed by atoms with Gasteiger partial charge in [0.2, 0.25) is 0 Å². The number of carboxylic acid groups (broad SMARTS) is 1. The van der Waals surface area contributed by atoms with Crippen LogP contribution in [0.2, 0.25) is 5.02 Å². The first-order chi connectivity index (χ1) is 9.01. The maximum Gasteiger partial charge on any atom is 0.308 e. The molecule has 0 spiro atoms. The van der Waals surface area contributed by atoms with Crippen molar-refractivity contribution >= 4 is 23.3 Å². The minimum atomic E-state index is -0.774. The molecule has 2 atom stereocenters. The standard InChI is InChI=1S/C14H15ClN2O2/c1-9-4-11(14(18)19)8-17(7-9)13-3-2-12(15)5-10(13)6-16/h2-3,5,9,11H,4,7-8H2,1H3,(H,18,19). The number of carbonyl (C=O) groups is 1. The Labute approximate surface area is 117 Å². The molecule has 1 aliphatic heterocycles. The normalized spacial score (nSPS) is 22.9. The van der Waals surface area contributed by atoms with Crippen LogP contribution in [0, 0.1) is 23.2 Å². The van der Waals surface area contributed by atoms with Crippen LogP contribution in [0.15, 0.2) is 18.2 Å². The van der Waals surface area contributed by atoms with Crippen LogP contribution in [-0.4, -0.2) is 24.2 Å². The first-order valence-electron chi connectivity index (χ1n) is 6.18. The zero-order valence-corrected chi connectivity index (χ0v) is 11.4. The fourth-order valence-corrected chi connectivity index (χ4v) is 2.77. The van der Waals surface area contributed by atoms with Gasteiger partial charge in [-0.3, -0.25) is 4.79 Å². The summed E-state index contributed by atoms with van der Waals surface area (Å²) in [6.45, 7) is 3.24. The average Bonchev–Trinajstić information content (AvgIpc) is 2.37. The van der Waals surface area contributed by atoms with Gasteiger partial charge >= 0.3 is 5.97 Å². The highest BCUT2D eigenvalue weighted by molar-refractivity contribution is 6.30. The quantitative estimate of drug-likeness (QED) is 0.903. The van der Waals surface area contributed by atoms with E-state index in [0.29, 0.717) is 23.6 Å². The highest BCUT2D eigenvalue weighted by Crippen LogP contribution is 2.30. The number of nitrogens with zero attached hydrogens (tertiary/aromatic N) is 2. The largest absolute Gasteiger partial charge is 0.481 e. The van der Waals surface area contributed by atoms with Crippen LogP contribution in [0.3, 0.4) is 0 Å². The predicted octanol–water partition coefficient (Wildman–Crippen LogP) is 2.76. The Balaban J connectivity index is 2.31. The summed E-state index contributed by atoms with van der Waals surface area (Å²) in [4.78, 5) is 13.1. The van der Waals surface area contributed by atoms with Gasteiger partial charge in [-0.2, -0.15) is 5.26 Å². The molecular formula is C14H15ClN2O2. The van der Waals surface area contributed by atoms with E-state index < -0.39 is 5.97 Å². The van der Waals surface area contributed by atoms with E-state index in [1.54, 1.807) is 18.2 Å². The van der Waals surface area contributed by atoms with Crippen LogP contribution >= 0.6 is 11.6 Å². The van der Waals surface area contributed by atoms with Crippen LogP contribution < -0.4 is 4.90 Å². The Morgan fingerprint density at radius 2 is 2.26 bits per heavy atom. The summed E-state index contributed by atoms with van der Waals surface area (Å²) in [5, 5.41) is 18.9. The number of nitriles is 1. The van der Waals surface area contributed by atoms with Gasteiger partial charge in [0.05, 0.1) is 17.2 Å². The van der Waals surface area contributed by atoms with Crippen LogP contribution in [0.4, 0.5) is 5.69 Å². The van der Waals surface area contributed by atoms with Crippen LogP contribution in [-0.2, 0) is 4.79 Å². The van der Waals surface area contributed by atoms with Gasteiger partial charge in [0.15, 0.2) is 0 Å². The molecule has 1 aliphatic rings. The average molecular weight is 279 g/mol. The number of anilines is 1. The predicted molar refractivity (Wildman–Crippen MR) is 73.3 cm³/mol. The number of aliphatic carboxylic acids is 1. The molecule has 1 fully saturated rings. The molecule has 5 heteroatoms. The molecule has 1 aromatic rings. The van der Waals surface area contributed by atoms with Gasteiger partial charge < -0.3 is 10.0 Å². The van der Waals surface area contributed by atoms with Crippen LogP contribution in [0.1, 0.15) is 18.9 Å². The van der Waals surface area contributed by atoms with Crippen molar-refractivity contribution in [2.45, 2.75) is 13.3 Å². The summed E-state index contributed by atoms with van der Waals surface area (Å²) >= 11 is 5.88. The molecule has 0 aromatic heterocycles. The molecule has 1 aromatic carbocycles. The van der Waals surface area contributed by atoms with Gasteiger partial charge in [-0.25, -0.2) is 0 Å². The van der Waals surface area contributed by atoms with Crippen molar-refractivity contribution in [1.82, 2.24) is 0 Å². The van der Waals surface area contributed by atoms with Gasteiger partial charge in [-0.1, -0.05) is 18.5 Å². The Bertz CT molecular complexity index is 539. The monoisotopic (exact) mass is 278 g/mol. The van der Waals surface area contributed by atoms with Gasteiger partial charge in [0.1, 0.15) is 6.07 Å². The third-order valence-electron chi connectivity index (χ3n) is 3.43. The molecule has 0 amide bonds. The fraction of sp³-hybridized carbons (Fsp3) is 0.429. The second kappa shape index (κ2) is 5.50. The van der Waals surface area contributed by atoms with Crippen molar-refractivity contribution < 1.29 is 9.90 Å². The lowest BCUT2D eigenvalue weighted by Gasteiger charge is -2.36. The lowest BCUT2D eigenvalue weighted by molar-refractivity contribution is -0.142. The highest BCUT2D eigenvalue weighted by Gasteiger charge is 2.30. The summed E-state index contributed by atoms with van der Waals surface area (Å²) < 4.78 is 0. The van der Waals surface area contributed by atoms with E-state index in [1.807, 2.05) is 11.8 Å². The molecular weight excluding hydrogens is 264 g/mol. The van der Waals surface area contributed by atoms with Gasteiger partial charge in [0.25, 0.3) is 0 Å². The summed E-state index contributed by atoms with van der Waals surface area (Å²) in [6, 6.07) is 7.25. The SMILES string of the molecule is CC1CC(C(=O)O)CN(c2ccc(Cl)cc2C#N)C1. The third-order valence-corrected chi connectivity index (χ3v) is 3.66. The van der Waals surface area contributed by atoms with E-state index in [1.165, 1.54) is 0 Å². The molecule has 4 nitrogen and oxygen atoms in total. The van der Waals surface area contributed by atoms with E-state index in [2.05, 4.69) is 6.07 Å². The molecule has 0 bridgehead atoms. The lowest BCUT2D eigenvalue weighted by Crippen LogP contribution is -2.42. The van der Waals surface area contributed by atoms with Gasteiger partial charge in [-0.05, 0) is 30.5 Å². The molecule has 1 N–H and O–H groups in total. The number of rotatable bonds is 2. The van der Waals surface area contributed by atoms with Gasteiger partial charge in [0, 0.05) is 18.1 Å². The Morgan fingerprint density at radius 1 is 1.53 bits per heavy atom. The van der Waals surface area contributed by atoms with Crippen molar-refractivity contribution in [3.63, 3.8) is 0 Å².